The molecule has 3 heterocycles. The number of thiophene rings is 1. The van der Waals surface area contributed by atoms with Gasteiger partial charge in [0.2, 0.25) is 5.89 Å². The summed E-state index contributed by atoms with van der Waals surface area (Å²) in [5.41, 5.74) is 5.47. The molecular formula is C18H13Cl2N5O4S. The zero-order chi connectivity index (χ0) is 21.4. The van der Waals surface area contributed by atoms with E-state index in [2.05, 4.69) is 15.1 Å². The highest BCUT2D eigenvalue weighted by atomic mass is 35.5. The number of hydrogen-bond acceptors (Lipinski definition) is 8. The Kier molecular flexibility index (Phi) is 5.56. The number of hydrogen-bond donors (Lipinski definition) is 2. The molecule has 3 aromatic heterocycles. The predicted molar refractivity (Wildman–Crippen MR) is 111 cm³/mol. The minimum Gasteiger partial charge on any atom is -0.388 e. The lowest BCUT2D eigenvalue weighted by molar-refractivity contribution is 0.100. The number of halogens is 2. The fourth-order valence-corrected chi connectivity index (χ4v) is 4.26. The first-order valence-corrected chi connectivity index (χ1v) is 10.1. The van der Waals surface area contributed by atoms with Crippen molar-refractivity contribution in [3.05, 3.63) is 73.1 Å². The van der Waals surface area contributed by atoms with Crippen molar-refractivity contribution in [2.45, 2.75) is 19.1 Å². The van der Waals surface area contributed by atoms with Crippen LogP contribution < -0.4 is 11.3 Å². The van der Waals surface area contributed by atoms with Gasteiger partial charge in [0.15, 0.2) is 5.82 Å². The average molecular weight is 466 g/mol. The lowest BCUT2D eigenvalue weighted by Crippen LogP contribution is -2.21. The maximum atomic E-state index is 12.7. The Bertz CT molecular complexity index is 1300. The third-order valence-corrected chi connectivity index (χ3v) is 6.15. The molecule has 0 aliphatic rings. The molecule has 0 saturated heterocycles. The molecule has 0 spiro atoms. The summed E-state index contributed by atoms with van der Waals surface area (Å²) < 4.78 is 6.41. The number of amides is 1. The number of carbonyl (C=O) groups excluding carboxylic acids is 1. The Labute approximate surface area is 182 Å². The molecule has 0 fully saturated rings. The van der Waals surface area contributed by atoms with Gasteiger partial charge in [0.1, 0.15) is 16.3 Å². The topological polar surface area (TPSA) is 137 Å². The van der Waals surface area contributed by atoms with E-state index in [1.807, 2.05) is 0 Å². The van der Waals surface area contributed by atoms with E-state index < -0.39 is 17.6 Å². The number of carbonyl (C=O) groups is 1. The number of benzene rings is 1. The fraction of sp³-hybridized carbons (Fsp3) is 0.167. The number of nitrogens with zero attached hydrogens (tertiary/aromatic N) is 4. The van der Waals surface area contributed by atoms with Crippen LogP contribution in [0.25, 0.3) is 10.2 Å². The van der Waals surface area contributed by atoms with Crippen molar-refractivity contribution in [3.8, 4) is 0 Å². The Morgan fingerprint density at radius 1 is 1.30 bits per heavy atom. The zero-order valence-electron chi connectivity index (χ0n) is 15.1. The lowest BCUT2D eigenvalue weighted by atomic mass is 10.1. The first-order chi connectivity index (χ1) is 14.3. The van der Waals surface area contributed by atoms with Gasteiger partial charge in [-0.1, -0.05) is 40.5 Å². The van der Waals surface area contributed by atoms with Crippen molar-refractivity contribution in [3.63, 3.8) is 0 Å². The summed E-state index contributed by atoms with van der Waals surface area (Å²) in [4.78, 5) is 32.9. The highest BCUT2D eigenvalue weighted by Gasteiger charge is 2.20. The number of primary amides is 1. The van der Waals surface area contributed by atoms with Crippen LogP contribution in [-0.4, -0.2) is 30.7 Å². The van der Waals surface area contributed by atoms with Crippen molar-refractivity contribution < 1.29 is 14.4 Å². The Morgan fingerprint density at radius 2 is 2.03 bits per heavy atom. The normalized spacial score (nSPS) is 12.4. The maximum absolute atomic E-state index is 12.7. The molecule has 154 valence electrons. The van der Waals surface area contributed by atoms with Gasteiger partial charge in [-0.2, -0.15) is 4.98 Å². The standard InChI is InChI=1S/C18H13Cl2N5O4S/c19-9-3-1-8(2-4-9)10(26)5-11-23-12(29-24-11)6-25-7-22-17-13(18(25)28)14(20)15(30-17)16(21)27/h1-4,7,10,26H,5-6H2,(H2,21,27)/t10-/m0/s1. The quantitative estimate of drug-likeness (QED) is 0.446. The van der Waals surface area contributed by atoms with E-state index in [9.17, 15) is 14.7 Å². The monoisotopic (exact) mass is 465 g/mol. The summed E-state index contributed by atoms with van der Waals surface area (Å²) >= 11 is 12.9. The van der Waals surface area contributed by atoms with Crippen LogP contribution in [0.4, 0.5) is 0 Å². The maximum Gasteiger partial charge on any atom is 0.264 e. The van der Waals surface area contributed by atoms with Gasteiger partial charge < -0.3 is 15.4 Å². The number of fused-ring (bicyclic) bond motifs is 1. The molecule has 4 aromatic rings. The van der Waals surface area contributed by atoms with E-state index in [1.165, 1.54) is 10.9 Å². The minimum atomic E-state index is -0.842. The summed E-state index contributed by atoms with van der Waals surface area (Å²) in [5.74, 6) is -0.299. The predicted octanol–water partition coefficient (Wildman–Crippen LogP) is 2.57. The highest BCUT2D eigenvalue weighted by Crippen LogP contribution is 2.31. The number of nitrogens with two attached hydrogens (primary N) is 1. The number of rotatable bonds is 6. The third-order valence-electron chi connectivity index (χ3n) is 4.29. The van der Waals surface area contributed by atoms with Gasteiger partial charge in [-0.25, -0.2) is 4.98 Å². The molecular weight excluding hydrogens is 453 g/mol. The van der Waals surface area contributed by atoms with Gasteiger partial charge >= 0.3 is 0 Å². The molecule has 3 N–H and O–H groups in total. The molecule has 9 nitrogen and oxygen atoms in total. The summed E-state index contributed by atoms with van der Waals surface area (Å²) in [6.07, 6.45) is 0.579. The zero-order valence-corrected chi connectivity index (χ0v) is 17.4. The van der Waals surface area contributed by atoms with Crippen LogP contribution in [-0.2, 0) is 13.0 Å². The first kappa shape index (κ1) is 20.5. The summed E-state index contributed by atoms with van der Waals surface area (Å²) in [5, 5.41) is 14.8. The largest absolute Gasteiger partial charge is 0.388 e. The Balaban J connectivity index is 1.55. The van der Waals surface area contributed by atoms with E-state index >= 15 is 0 Å². The minimum absolute atomic E-state index is 0.0216. The van der Waals surface area contributed by atoms with Gasteiger partial charge in [-0.15, -0.1) is 11.3 Å². The summed E-state index contributed by atoms with van der Waals surface area (Å²) in [6.45, 7) is -0.0517. The Morgan fingerprint density at radius 3 is 2.73 bits per heavy atom. The molecule has 30 heavy (non-hydrogen) atoms. The van der Waals surface area contributed by atoms with Gasteiger partial charge in [-0.05, 0) is 17.7 Å². The van der Waals surface area contributed by atoms with Crippen molar-refractivity contribution in [1.29, 1.82) is 0 Å². The molecule has 0 radical (unpaired) electrons. The van der Waals surface area contributed by atoms with E-state index in [1.54, 1.807) is 24.3 Å². The van der Waals surface area contributed by atoms with Crippen molar-refractivity contribution >= 4 is 50.7 Å². The van der Waals surface area contributed by atoms with Crippen LogP contribution in [0.15, 0.2) is 39.9 Å². The fourth-order valence-electron chi connectivity index (χ4n) is 2.82. The Hall–Kier alpha value is -2.79. The van der Waals surface area contributed by atoms with Crippen molar-refractivity contribution in [1.82, 2.24) is 19.7 Å². The number of aliphatic hydroxyl groups is 1. The van der Waals surface area contributed by atoms with Crippen LogP contribution in [0.5, 0.6) is 0 Å². The molecule has 0 saturated carbocycles. The molecule has 4 rings (SSSR count). The van der Waals surface area contributed by atoms with Crippen LogP contribution in [0.3, 0.4) is 0 Å². The summed E-state index contributed by atoms with van der Waals surface area (Å²) in [6, 6.07) is 6.77. The van der Waals surface area contributed by atoms with Crippen molar-refractivity contribution in [2.75, 3.05) is 0 Å². The molecule has 0 bridgehead atoms. The second kappa shape index (κ2) is 8.15. The molecule has 0 aliphatic carbocycles. The second-order valence-corrected chi connectivity index (χ2v) is 8.16. The third kappa shape index (κ3) is 3.94. The lowest BCUT2D eigenvalue weighted by Gasteiger charge is -2.08. The SMILES string of the molecule is NC(=O)c1sc2ncn(Cc3nc(C[C@H](O)c4ccc(Cl)cc4)no3)c(=O)c2c1Cl. The van der Waals surface area contributed by atoms with Crippen LogP contribution in [0.2, 0.25) is 10.0 Å². The molecule has 1 aromatic carbocycles. The van der Waals surface area contributed by atoms with Gasteiger partial charge in [0.25, 0.3) is 11.5 Å². The molecule has 1 atom stereocenters. The van der Waals surface area contributed by atoms with Gasteiger partial charge in [0.05, 0.1) is 22.8 Å². The van der Waals surface area contributed by atoms with Gasteiger partial charge in [0, 0.05) is 11.4 Å². The van der Waals surface area contributed by atoms with E-state index in [0.717, 1.165) is 11.3 Å². The molecule has 0 aliphatic heterocycles. The van der Waals surface area contributed by atoms with E-state index in [-0.39, 0.29) is 40.0 Å². The van der Waals surface area contributed by atoms with Crippen molar-refractivity contribution in [2.24, 2.45) is 5.73 Å². The molecule has 12 heteroatoms. The molecule has 0 unspecified atom stereocenters. The van der Waals surface area contributed by atoms with E-state index in [4.69, 9.17) is 33.5 Å². The number of aliphatic hydroxyl groups excluding tert-OH is 1. The summed E-state index contributed by atoms with van der Waals surface area (Å²) in [7, 11) is 0. The highest BCUT2D eigenvalue weighted by molar-refractivity contribution is 7.21. The molecule has 1 amide bonds. The van der Waals surface area contributed by atoms with Gasteiger partial charge in [-0.3, -0.25) is 14.2 Å². The number of aromatic nitrogens is 4. The van der Waals surface area contributed by atoms with E-state index in [0.29, 0.717) is 15.4 Å². The smallest absolute Gasteiger partial charge is 0.264 e. The second-order valence-electron chi connectivity index (χ2n) is 6.34. The first-order valence-electron chi connectivity index (χ1n) is 8.55. The van der Waals surface area contributed by atoms with Crippen LogP contribution in [0.1, 0.15) is 33.1 Å². The van der Waals surface area contributed by atoms with Crippen LogP contribution in [0, 0.1) is 0 Å². The average Bonchev–Trinajstić information content (AvgIpc) is 3.29. The van der Waals surface area contributed by atoms with Crippen LogP contribution >= 0.6 is 34.5 Å².